The summed E-state index contributed by atoms with van der Waals surface area (Å²) in [6.07, 6.45) is -1.64. The molecule has 3 heterocycles. The highest BCUT2D eigenvalue weighted by Crippen LogP contribution is 2.42. The molecule has 1 aliphatic heterocycles. The molecular formula is C27H35N6O10P. The normalized spacial score (nSPS) is 23.6. The van der Waals surface area contributed by atoms with Gasteiger partial charge in [-0.2, -0.15) is 10.4 Å². The summed E-state index contributed by atoms with van der Waals surface area (Å²) in [6, 6.07) is 9.73. The Bertz CT molecular complexity index is 1540. The van der Waals surface area contributed by atoms with E-state index in [1.807, 2.05) is 19.9 Å². The quantitative estimate of drug-likeness (QED) is 0.0733. The van der Waals surface area contributed by atoms with Crippen LogP contribution in [0.15, 0.2) is 42.7 Å². The molecule has 0 radical (unpaired) electrons. The summed E-state index contributed by atoms with van der Waals surface area (Å²) in [4.78, 5) is 31.4. The van der Waals surface area contributed by atoms with Crippen LogP contribution < -0.4 is 20.4 Å². The van der Waals surface area contributed by atoms with Crippen molar-refractivity contribution in [3.8, 4) is 17.6 Å². The van der Waals surface area contributed by atoms with Crippen LogP contribution in [-0.2, 0) is 29.1 Å². The molecule has 2 aromatic heterocycles. The third kappa shape index (κ3) is 6.95. The minimum atomic E-state index is -4.66. The predicted octanol–water partition coefficient (Wildman–Crippen LogP) is 1.60. The number of carbonyl (C=O) groups excluding carboxylic acids is 1. The number of rotatable bonds is 14. The van der Waals surface area contributed by atoms with Gasteiger partial charge >= 0.3 is 13.7 Å². The van der Waals surface area contributed by atoms with Crippen LogP contribution in [0, 0.1) is 17.2 Å². The van der Waals surface area contributed by atoms with Gasteiger partial charge in [0.15, 0.2) is 11.6 Å². The van der Waals surface area contributed by atoms with Gasteiger partial charge in [-0.1, -0.05) is 43.5 Å². The molecule has 1 saturated heterocycles. The van der Waals surface area contributed by atoms with Crippen molar-refractivity contribution in [1.82, 2.24) is 19.7 Å². The van der Waals surface area contributed by atoms with Gasteiger partial charge in [-0.15, -0.1) is 0 Å². The molecule has 0 bridgehead atoms. The number of benzene rings is 1. The zero-order valence-corrected chi connectivity index (χ0v) is 25.2. The van der Waals surface area contributed by atoms with Crippen LogP contribution in [0.25, 0.3) is 5.52 Å². The second-order valence-electron chi connectivity index (χ2n) is 10.2. The highest BCUT2D eigenvalue weighted by atomic mass is 31.2. The second kappa shape index (κ2) is 13.9. The summed E-state index contributed by atoms with van der Waals surface area (Å²) >= 11 is 0. The molecule has 1 fully saturated rings. The Labute approximate surface area is 252 Å². The average molecular weight is 635 g/mol. The van der Waals surface area contributed by atoms with Crippen molar-refractivity contribution in [2.45, 2.75) is 63.6 Å². The first-order valence-corrected chi connectivity index (χ1v) is 15.4. The highest BCUT2D eigenvalue weighted by molar-refractivity contribution is 7.50. The van der Waals surface area contributed by atoms with E-state index < -0.39 is 43.7 Å². The molecule has 1 aliphatic rings. The monoisotopic (exact) mass is 634 g/mol. The molecule has 1 unspecified atom stereocenters. The maximum absolute atomic E-state index is 12.6. The van der Waals surface area contributed by atoms with Crippen molar-refractivity contribution in [2.75, 3.05) is 18.9 Å². The number of hydrogen-bond acceptors (Lipinski definition) is 13. The van der Waals surface area contributed by atoms with Crippen molar-refractivity contribution < 1.29 is 48.2 Å². The molecule has 4 rings (SSSR count). The van der Waals surface area contributed by atoms with Gasteiger partial charge in [0.1, 0.15) is 48.9 Å². The Balaban J connectivity index is 1.39. The van der Waals surface area contributed by atoms with E-state index in [1.54, 1.807) is 12.1 Å². The Morgan fingerprint density at radius 2 is 1.95 bits per heavy atom. The number of para-hydroxylation sites is 2. The van der Waals surface area contributed by atoms with Crippen LogP contribution in [0.1, 0.15) is 39.3 Å². The maximum Gasteiger partial charge on any atom is 0.440 e. The van der Waals surface area contributed by atoms with Crippen LogP contribution in [0.2, 0.25) is 0 Å². The topological polar surface area (TPSA) is 233 Å². The molecule has 0 saturated carbocycles. The van der Waals surface area contributed by atoms with Crippen LogP contribution >= 0.6 is 7.75 Å². The first kappa shape index (κ1) is 33.1. The van der Waals surface area contributed by atoms with E-state index in [-0.39, 0.29) is 42.1 Å². The molecule has 44 heavy (non-hydrogen) atoms. The van der Waals surface area contributed by atoms with Gasteiger partial charge in [0, 0.05) is 0 Å². The van der Waals surface area contributed by atoms with E-state index in [0.29, 0.717) is 5.52 Å². The SMILES string of the molecule is CCC(CC)COC(=O)[C@H](C)NP(=O)(O)OOc1ccccc1OC[C@H]1O[C@@](C#N)(c2ccc3c(N)ncnn23)[C@H](O)[C@@H]1O. The number of hydrogen-bond donors (Lipinski definition) is 5. The maximum atomic E-state index is 12.6. The van der Waals surface area contributed by atoms with Gasteiger partial charge in [0.25, 0.3) is 0 Å². The van der Waals surface area contributed by atoms with Crippen LogP contribution in [0.4, 0.5) is 5.82 Å². The number of carbonyl (C=O) groups is 1. The van der Waals surface area contributed by atoms with Crippen molar-refractivity contribution in [1.29, 1.82) is 5.26 Å². The van der Waals surface area contributed by atoms with Crippen molar-refractivity contribution in [3.05, 3.63) is 48.4 Å². The fourth-order valence-corrected chi connectivity index (χ4v) is 5.44. The molecule has 0 spiro atoms. The Hall–Kier alpha value is -3.81. The zero-order chi connectivity index (χ0) is 32.1. The number of nitrogen functional groups attached to an aromatic ring is 1. The van der Waals surface area contributed by atoms with E-state index in [1.165, 1.54) is 42.0 Å². The first-order valence-electron chi connectivity index (χ1n) is 13.9. The van der Waals surface area contributed by atoms with Gasteiger partial charge in [-0.05, 0) is 37.1 Å². The van der Waals surface area contributed by atoms with Gasteiger partial charge in [0.05, 0.1) is 12.3 Å². The zero-order valence-electron chi connectivity index (χ0n) is 24.3. The van der Waals surface area contributed by atoms with E-state index in [9.17, 15) is 29.7 Å². The molecular weight excluding hydrogens is 599 g/mol. The summed E-state index contributed by atoms with van der Waals surface area (Å²) in [7, 11) is -4.66. The fraction of sp³-hybridized carbons (Fsp3) is 0.481. The van der Waals surface area contributed by atoms with Crippen molar-refractivity contribution >= 4 is 25.1 Å². The largest absolute Gasteiger partial charge is 0.487 e. The number of nitrogens with two attached hydrogens (primary N) is 1. The number of aliphatic hydroxyl groups excluding tert-OH is 2. The summed E-state index contributed by atoms with van der Waals surface area (Å²) in [5.74, 6) is -0.523. The van der Waals surface area contributed by atoms with Crippen LogP contribution in [-0.4, -0.2) is 73.2 Å². The molecule has 3 aromatic rings. The lowest BCUT2D eigenvalue weighted by Crippen LogP contribution is -2.41. The lowest BCUT2D eigenvalue weighted by molar-refractivity contribution is -0.147. The number of aliphatic hydroxyl groups is 2. The third-order valence-electron chi connectivity index (χ3n) is 7.29. The molecule has 6 N–H and O–H groups in total. The summed E-state index contributed by atoms with van der Waals surface area (Å²) in [6.45, 7) is 5.11. The summed E-state index contributed by atoms with van der Waals surface area (Å²) in [5.41, 5.74) is 4.35. The standard InChI is InChI=1S/C27H35N6O10P/c1-4-17(5-2)12-40-26(36)16(3)32-44(37,38)43-42-20-9-7-6-8-19(20)39-13-21-23(34)24(35)27(14-28,41-21)22-11-10-18-25(29)30-15-31-33(18)22/h6-11,15-17,21,23-24,34-35H,4-5,12-13H2,1-3H3,(H2,29,30,31)(H2,32,37,38)/t16-,21+,23+,24+,27-/m0/s1. The van der Waals surface area contributed by atoms with Gasteiger partial charge in [0.2, 0.25) is 11.4 Å². The number of anilines is 1. The van der Waals surface area contributed by atoms with Crippen molar-refractivity contribution in [3.63, 3.8) is 0 Å². The number of aromatic nitrogens is 3. The lowest BCUT2D eigenvalue weighted by Gasteiger charge is -2.24. The molecule has 238 valence electrons. The molecule has 16 nitrogen and oxygen atoms in total. The fourth-order valence-electron chi connectivity index (χ4n) is 4.62. The number of nitrogens with one attached hydrogen (secondary N) is 1. The Kier molecular flexibility index (Phi) is 10.4. The molecule has 17 heteroatoms. The summed E-state index contributed by atoms with van der Waals surface area (Å²) < 4.78 is 35.4. The van der Waals surface area contributed by atoms with Crippen LogP contribution in [0.3, 0.4) is 0 Å². The number of nitriles is 1. The second-order valence-corrected chi connectivity index (χ2v) is 11.6. The molecule has 6 atom stereocenters. The lowest BCUT2D eigenvalue weighted by atomic mass is 9.92. The molecule has 1 aromatic carbocycles. The smallest absolute Gasteiger partial charge is 0.440 e. The number of esters is 1. The first-order chi connectivity index (χ1) is 21.0. The third-order valence-corrected chi connectivity index (χ3v) is 8.28. The van der Waals surface area contributed by atoms with Crippen LogP contribution in [0.5, 0.6) is 11.5 Å². The average Bonchev–Trinajstić information content (AvgIpc) is 3.56. The van der Waals surface area contributed by atoms with E-state index in [4.69, 9.17) is 29.5 Å². The number of ether oxygens (including phenoxy) is 3. The van der Waals surface area contributed by atoms with E-state index in [0.717, 1.165) is 12.8 Å². The van der Waals surface area contributed by atoms with Gasteiger partial charge in [-0.25, -0.2) is 19.2 Å². The summed E-state index contributed by atoms with van der Waals surface area (Å²) in [5, 5.41) is 38.0. The van der Waals surface area contributed by atoms with Gasteiger partial charge < -0.3 is 39.9 Å². The Morgan fingerprint density at radius 3 is 2.64 bits per heavy atom. The predicted molar refractivity (Wildman–Crippen MR) is 153 cm³/mol. The number of fused-ring (bicyclic) bond motifs is 1. The van der Waals surface area contributed by atoms with E-state index in [2.05, 4.69) is 15.2 Å². The Morgan fingerprint density at radius 1 is 1.25 bits per heavy atom. The van der Waals surface area contributed by atoms with Gasteiger partial charge in [-0.3, -0.25) is 4.79 Å². The minimum absolute atomic E-state index is 0.0125. The van der Waals surface area contributed by atoms with E-state index >= 15 is 0 Å². The molecule has 0 amide bonds. The minimum Gasteiger partial charge on any atom is -0.487 e. The molecule has 0 aliphatic carbocycles. The number of nitrogens with zero attached hydrogens (tertiary/aromatic N) is 4. The highest BCUT2D eigenvalue weighted by Gasteiger charge is 2.57. The van der Waals surface area contributed by atoms with Crippen molar-refractivity contribution in [2.24, 2.45) is 5.92 Å².